The van der Waals surface area contributed by atoms with Crippen molar-refractivity contribution in [3.05, 3.63) is 63.8 Å². The molecule has 3 N–H and O–H groups in total. The molecule has 3 aromatic rings. The topological polar surface area (TPSA) is 99.8 Å². The van der Waals surface area contributed by atoms with E-state index in [-0.39, 0.29) is 23.8 Å². The summed E-state index contributed by atoms with van der Waals surface area (Å²) in [5, 5.41) is 6.04. The molecule has 3 heterocycles. The summed E-state index contributed by atoms with van der Waals surface area (Å²) in [5.74, 6) is 1.07. The zero-order valence-electron chi connectivity index (χ0n) is 16.0. The number of carbonyl (C=O) groups is 1. The van der Waals surface area contributed by atoms with Gasteiger partial charge in [0.1, 0.15) is 18.0 Å². The van der Waals surface area contributed by atoms with Crippen molar-refractivity contribution in [3.63, 3.8) is 0 Å². The molecule has 1 aliphatic rings. The molecule has 0 fully saturated rings. The molecular formula is C21H21N5O2. The van der Waals surface area contributed by atoms with Crippen molar-refractivity contribution in [3.8, 4) is 11.1 Å². The molecular weight excluding hydrogens is 354 g/mol. The Bertz CT molecular complexity index is 1130. The minimum absolute atomic E-state index is 0.0939. The predicted octanol–water partition coefficient (Wildman–Crippen LogP) is 3.50. The van der Waals surface area contributed by atoms with Crippen LogP contribution in [0.2, 0.25) is 0 Å². The largest absolute Gasteiger partial charge is 0.338 e. The summed E-state index contributed by atoms with van der Waals surface area (Å²) in [6.45, 7) is 6.02. The van der Waals surface area contributed by atoms with E-state index < -0.39 is 0 Å². The normalized spacial score (nSPS) is 12.8. The van der Waals surface area contributed by atoms with E-state index in [9.17, 15) is 9.59 Å². The van der Waals surface area contributed by atoms with Crippen molar-refractivity contribution in [2.24, 2.45) is 0 Å². The molecule has 0 radical (unpaired) electrons. The minimum atomic E-state index is -0.135. The number of aromatic nitrogens is 3. The van der Waals surface area contributed by atoms with Gasteiger partial charge in [-0.05, 0) is 24.5 Å². The summed E-state index contributed by atoms with van der Waals surface area (Å²) < 4.78 is 0. The molecule has 1 aromatic carbocycles. The van der Waals surface area contributed by atoms with Gasteiger partial charge < -0.3 is 15.6 Å². The van der Waals surface area contributed by atoms with E-state index in [1.54, 1.807) is 0 Å². The first-order valence-corrected chi connectivity index (χ1v) is 9.17. The Balaban J connectivity index is 1.83. The second kappa shape index (κ2) is 6.92. The second-order valence-electron chi connectivity index (χ2n) is 7.26. The monoisotopic (exact) mass is 375 g/mol. The SMILES string of the molecule is Cc1cccc(-c2cc(Nc3ncnc4c3CC(=O)N4)c(C(C)C)[nH]c2=O)c1. The third-order valence-corrected chi connectivity index (χ3v) is 4.77. The number of hydrogen-bond acceptors (Lipinski definition) is 5. The maximum Gasteiger partial charge on any atom is 0.256 e. The number of amides is 1. The highest BCUT2D eigenvalue weighted by atomic mass is 16.2. The number of carbonyl (C=O) groups excluding carboxylic acids is 1. The molecule has 0 spiro atoms. The Kier molecular flexibility index (Phi) is 4.43. The van der Waals surface area contributed by atoms with Gasteiger partial charge >= 0.3 is 0 Å². The zero-order chi connectivity index (χ0) is 19.8. The van der Waals surface area contributed by atoms with Gasteiger partial charge in [0.15, 0.2) is 0 Å². The first-order valence-electron chi connectivity index (χ1n) is 9.17. The number of anilines is 3. The van der Waals surface area contributed by atoms with Gasteiger partial charge in [0.2, 0.25) is 5.91 Å². The number of pyridine rings is 1. The molecule has 1 amide bonds. The predicted molar refractivity (Wildman–Crippen MR) is 109 cm³/mol. The molecule has 0 atom stereocenters. The lowest BCUT2D eigenvalue weighted by atomic mass is 10.0. The molecule has 0 unspecified atom stereocenters. The highest BCUT2D eigenvalue weighted by Crippen LogP contribution is 2.32. The van der Waals surface area contributed by atoms with Crippen molar-refractivity contribution in [1.82, 2.24) is 15.0 Å². The lowest BCUT2D eigenvalue weighted by Crippen LogP contribution is -2.15. The summed E-state index contributed by atoms with van der Waals surface area (Å²) >= 11 is 0. The van der Waals surface area contributed by atoms with Crippen LogP contribution in [-0.4, -0.2) is 20.9 Å². The number of fused-ring (bicyclic) bond motifs is 1. The molecule has 0 saturated heterocycles. The van der Waals surface area contributed by atoms with Crippen LogP contribution in [0.4, 0.5) is 17.3 Å². The van der Waals surface area contributed by atoms with Crippen LogP contribution in [0.3, 0.4) is 0 Å². The average Bonchev–Trinajstić information content (AvgIpc) is 3.04. The summed E-state index contributed by atoms with van der Waals surface area (Å²) in [4.78, 5) is 35.9. The van der Waals surface area contributed by atoms with Crippen molar-refractivity contribution in [2.45, 2.75) is 33.1 Å². The quantitative estimate of drug-likeness (QED) is 0.648. The Morgan fingerprint density at radius 1 is 1.14 bits per heavy atom. The van der Waals surface area contributed by atoms with E-state index in [0.717, 1.165) is 28.1 Å². The van der Waals surface area contributed by atoms with E-state index >= 15 is 0 Å². The van der Waals surface area contributed by atoms with Gasteiger partial charge in [-0.15, -0.1) is 0 Å². The Labute approximate surface area is 162 Å². The van der Waals surface area contributed by atoms with Gasteiger partial charge in [-0.3, -0.25) is 9.59 Å². The number of aryl methyl sites for hydroxylation is 1. The van der Waals surface area contributed by atoms with Crippen molar-refractivity contribution >= 4 is 23.2 Å². The lowest BCUT2D eigenvalue weighted by Gasteiger charge is -2.17. The van der Waals surface area contributed by atoms with E-state index in [1.165, 1.54) is 6.33 Å². The van der Waals surface area contributed by atoms with Gasteiger partial charge in [0.05, 0.1) is 12.1 Å². The van der Waals surface area contributed by atoms with Gasteiger partial charge in [0.25, 0.3) is 5.56 Å². The van der Waals surface area contributed by atoms with E-state index in [0.29, 0.717) is 17.2 Å². The molecule has 28 heavy (non-hydrogen) atoms. The number of rotatable bonds is 4. The lowest BCUT2D eigenvalue weighted by molar-refractivity contribution is -0.115. The van der Waals surface area contributed by atoms with Gasteiger partial charge in [-0.2, -0.15) is 0 Å². The fourth-order valence-electron chi connectivity index (χ4n) is 3.39. The molecule has 0 aliphatic carbocycles. The van der Waals surface area contributed by atoms with Crippen LogP contribution in [0.5, 0.6) is 0 Å². The van der Waals surface area contributed by atoms with Crippen molar-refractivity contribution in [2.75, 3.05) is 10.6 Å². The van der Waals surface area contributed by atoms with Gasteiger partial charge in [-0.25, -0.2) is 9.97 Å². The van der Waals surface area contributed by atoms with Crippen LogP contribution in [0, 0.1) is 6.92 Å². The number of benzene rings is 1. The first-order chi connectivity index (χ1) is 13.4. The Morgan fingerprint density at radius 2 is 1.96 bits per heavy atom. The molecule has 0 saturated carbocycles. The first kappa shape index (κ1) is 17.9. The molecule has 1 aliphatic heterocycles. The highest BCUT2D eigenvalue weighted by molar-refractivity contribution is 5.99. The summed E-state index contributed by atoms with van der Waals surface area (Å²) in [6, 6.07) is 9.67. The van der Waals surface area contributed by atoms with Crippen LogP contribution in [0.25, 0.3) is 11.1 Å². The maximum atomic E-state index is 12.7. The molecule has 0 bridgehead atoms. The smallest absolute Gasteiger partial charge is 0.256 e. The number of aromatic amines is 1. The molecule has 2 aromatic heterocycles. The van der Waals surface area contributed by atoms with Crippen molar-refractivity contribution in [1.29, 1.82) is 0 Å². The Morgan fingerprint density at radius 3 is 2.71 bits per heavy atom. The summed E-state index contributed by atoms with van der Waals surface area (Å²) in [6.07, 6.45) is 1.64. The third kappa shape index (κ3) is 3.26. The molecule has 4 rings (SSSR count). The summed E-state index contributed by atoms with van der Waals surface area (Å²) in [7, 11) is 0. The molecule has 7 nitrogen and oxygen atoms in total. The summed E-state index contributed by atoms with van der Waals surface area (Å²) in [5.41, 5.74) is 4.64. The fraction of sp³-hybridized carbons (Fsp3) is 0.238. The highest BCUT2D eigenvalue weighted by Gasteiger charge is 2.24. The van der Waals surface area contributed by atoms with E-state index in [4.69, 9.17) is 0 Å². The van der Waals surface area contributed by atoms with Crippen LogP contribution < -0.4 is 16.2 Å². The molecule has 142 valence electrons. The zero-order valence-corrected chi connectivity index (χ0v) is 16.0. The average molecular weight is 375 g/mol. The number of hydrogen-bond donors (Lipinski definition) is 3. The molecule has 7 heteroatoms. The van der Waals surface area contributed by atoms with E-state index in [2.05, 4.69) is 25.6 Å². The van der Waals surface area contributed by atoms with Crippen LogP contribution in [0.15, 0.2) is 41.5 Å². The standard InChI is InChI=1S/C21H21N5O2/c1-11(2)18-16(24-19-15-9-17(27)25-20(15)23-10-22-19)8-14(21(28)26-18)13-6-4-5-12(3)7-13/h4-8,10-11H,9H2,1-3H3,(H,26,28)(H2,22,23,24,25,27). The van der Waals surface area contributed by atoms with Crippen LogP contribution in [-0.2, 0) is 11.2 Å². The number of nitrogens with one attached hydrogen (secondary N) is 3. The van der Waals surface area contributed by atoms with Crippen LogP contribution >= 0.6 is 0 Å². The van der Waals surface area contributed by atoms with Gasteiger partial charge in [-0.1, -0.05) is 43.7 Å². The minimum Gasteiger partial charge on any atom is -0.338 e. The third-order valence-electron chi connectivity index (χ3n) is 4.77. The van der Waals surface area contributed by atoms with Crippen LogP contribution in [0.1, 0.15) is 36.6 Å². The fourth-order valence-corrected chi connectivity index (χ4v) is 3.39. The Hall–Kier alpha value is -3.48. The van der Waals surface area contributed by atoms with E-state index in [1.807, 2.05) is 51.1 Å². The van der Waals surface area contributed by atoms with Crippen molar-refractivity contribution < 1.29 is 4.79 Å². The number of H-pyrrole nitrogens is 1. The van der Waals surface area contributed by atoms with Gasteiger partial charge in [0, 0.05) is 16.8 Å². The maximum absolute atomic E-state index is 12.7. The number of nitrogens with zero attached hydrogens (tertiary/aromatic N) is 2. The second-order valence-corrected chi connectivity index (χ2v) is 7.26.